The monoisotopic (exact) mass is 989 g/mol. The zero-order valence-corrected chi connectivity index (χ0v) is 45.1. The van der Waals surface area contributed by atoms with Crippen LogP contribution in [0.5, 0.6) is 0 Å². The van der Waals surface area contributed by atoms with Gasteiger partial charge in [-0.3, -0.25) is 28.3 Å². The minimum atomic E-state index is -0.168. The minimum Gasteiger partial charge on any atom is -0.271 e. The lowest BCUT2D eigenvalue weighted by atomic mass is 9.85. The second kappa shape index (κ2) is 23.3. The highest BCUT2D eigenvalue weighted by Crippen LogP contribution is 2.47. The molecule has 0 aliphatic heterocycles. The second-order valence-corrected chi connectivity index (χ2v) is 22.4. The summed E-state index contributed by atoms with van der Waals surface area (Å²) in [5, 5.41) is 15.3. The first kappa shape index (κ1) is 51.6. The van der Waals surface area contributed by atoms with Crippen LogP contribution in [0.2, 0.25) is 0 Å². The molecule has 0 spiro atoms. The van der Waals surface area contributed by atoms with Crippen molar-refractivity contribution >= 4 is 97.0 Å². The summed E-state index contributed by atoms with van der Waals surface area (Å²) in [5.41, 5.74) is -0.652. The van der Waals surface area contributed by atoms with Crippen LogP contribution in [0.25, 0.3) is 97.0 Å². The third-order valence-electron chi connectivity index (χ3n) is 17.4. The van der Waals surface area contributed by atoms with E-state index in [1.807, 2.05) is 36.4 Å². The Morgan fingerprint density at radius 2 is 0.581 bits per heavy atom. The average molecular weight is 989 g/mol. The first-order valence-electron chi connectivity index (χ1n) is 29.6. The molecule has 0 N–H and O–H groups in total. The molecule has 74 heavy (non-hydrogen) atoms. The fraction of sp³-hybridized carbons (Fsp3) is 0.471. The summed E-state index contributed by atoms with van der Waals surface area (Å²) >= 11 is 0. The van der Waals surface area contributed by atoms with Crippen molar-refractivity contribution in [2.24, 2.45) is 0 Å². The van der Waals surface area contributed by atoms with Crippen molar-refractivity contribution in [3.8, 4) is 0 Å². The molecule has 6 heteroatoms. The van der Waals surface area contributed by atoms with Crippen LogP contribution >= 0.6 is 0 Å². The number of unbranched alkanes of at least 4 members (excludes halogenated alkanes) is 18. The minimum absolute atomic E-state index is 0.155. The van der Waals surface area contributed by atoms with Crippen molar-refractivity contribution in [1.82, 2.24) is 9.13 Å². The van der Waals surface area contributed by atoms with E-state index < -0.39 is 0 Å². The Morgan fingerprint density at radius 3 is 0.932 bits per heavy atom. The van der Waals surface area contributed by atoms with E-state index in [1.54, 1.807) is 9.13 Å². The molecule has 10 aromatic rings. The van der Waals surface area contributed by atoms with Crippen molar-refractivity contribution in [2.75, 3.05) is 0 Å². The Morgan fingerprint density at radius 1 is 0.284 bits per heavy atom. The van der Waals surface area contributed by atoms with Crippen LogP contribution in [0.1, 0.15) is 207 Å². The highest BCUT2D eigenvalue weighted by molar-refractivity contribution is 6.42. The van der Waals surface area contributed by atoms with E-state index in [4.69, 9.17) is 0 Å². The van der Waals surface area contributed by atoms with Crippen LogP contribution in [0.15, 0.2) is 104 Å². The van der Waals surface area contributed by atoms with Crippen LogP contribution in [-0.4, -0.2) is 9.13 Å². The number of nitrogens with zero attached hydrogens (tertiary/aromatic N) is 2. The Bertz CT molecular complexity index is 3560. The predicted octanol–water partition coefficient (Wildman–Crippen LogP) is 18.7. The van der Waals surface area contributed by atoms with E-state index >= 15 is 19.2 Å². The molecule has 2 heterocycles. The Kier molecular flexibility index (Phi) is 16.3. The van der Waals surface area contributed by atoms with Gasteiger partial charge in [0.25, 0.3) is 22.2 Å². The van der Waals surface area contributed by atoms with Crippen molar-refractivity contribution in [3.05, 3.63) is 126 Å². The fourth-order valence-electron chi connectivity index (χ4n) is 13.6. The number of benzene rings is 8. The van der Waals surface area contributed by atoms with E-state index in [1.165, 1.54) is 64.2 Å². The number of rotatable bonds is 28. The smallest absolute Gasteiger partial charge is 0.262 e. The first-order valence-corrected chi connectivity index (χ1v) is 29.6. The van der Waals surface area contributed by atoms with E-state index in [0.717, 1.165) is 178 Å². The third-order valence-corrected chi connectivity index (χ3v) is 17.4. The topological polar surface area (TPSA) is 78.1 Å². The molecule has 0 aliphatic carbocycles. The Balaban J connectivity index is 1.19. The van der Waals surface area contributed by atoms with E-state index in [0.29, 0.717) is 21.5 Å². The quantitative estimate of drug-likeness (QED) is 0.0278. The molecule has 2 aromatic heterocycles. The summed E-state index contributed by atoms with van der Waals surface area (Å²) in [6.07, 6.45) is 28.7. The van der Waals surface area contributed by atoms with Crippen LogP contribution in [0.3, 0.4) is 0 Å². The number of hydrogen-bond donors (Lipinski definition) is 0. The molecule has 0 saturated carbocycles. The van der Waals surface area contributed by atoms with Gasteiger partial charge in [-0.05, 0) is 102 Å². The van der Waals surface area contributed by atoms with Gasteiger partial charge in [0.1, 0.15) is 0 Å². The maximum absolute atomic E-state index is 15.5. The van der Waals surface area contributed by atoms with Crippen molar-refractivity contribution in [3.63, 3.8) is 0 Å². The van der Waals surface area contributed by atoms with Gasteiger partial charge in [0.15, 0.2) is 0 Å². The normalized spacial score (nSPS) is 13.3. The van der Waals surface area contributed by atoms with Crippen molar-refractivity contribution < 1.29 is 0 Å². The maximum Gasteiger partial charge on any atom is 0.262 e. The second-order valence-electron chi connectivity index (χ2n) is 22.4. The van der Waals surface area contributed by atoms with E-state index in [2.05, 4.69) is 76.2 Å². The highest BCUT2D eigenvalue weighted by Gasteiger charge is 2.29. The van der Waals surface area contributed by atoms with Crippen molar-refractivity contribution in [1.29, 1.82) is 0 Å². The fourth-order valence-corrected chi connectivity index (χ4v) is 13.6. The predicted molar refractivity (Wildman–Crippen MR) is 319 cm³/mol. The first-order chi connectivity index (χ1) is 36.3. The lowest BCUT2D eigenvalue weighted by molar-refractivity contribution is 0.384. The molecule has 2 unspecified atom stereocenters. The van der Waals surface area contributed by atoms with Gasteiger partial charge in [-0.2, -0.15) is 0 Å². The summed E-state index contributed by atoms with van der Waals surface area (Å²) in [5.74, 6) is 0. The summed E-state index contributed by atoms with van der Waals surface area (Å²) in [7, 11) is 0. The van der Waals surface area contributed by atoms with Crippen LogP contribution < -0.4 is 22.2 Å². The molecule has 0 bridgehead atoms. The SMILES string of the molecule is CCCCCCCCCC(CCCCCC)n1c(=O)c2c3ccccc3c3cc4ccc5c6c(cc7ccc(c3c2c1=O)c4c75)c1ccccc1c1c(=O)n(C(CCCCCC)CCCCCCCCC)c(=O)c16. The third kappa shape index (κ3) is 9.46. The van der Waals surface area contributed by atoms with E-state index in [9.17, 15) is 0 Å². The summed E-state index contributed by atoms with van der Waals surface area (Å²) in [6.45, 7) is 8.95. The number of aromatic nitrogens is 2. The molecule has 8 aromatic carbocycles. The summed E-state index contributed by atoms with van der Waals surface area (Å²) in [6, 6.07) is 29.2. The lowest BCUT2D eigenvalue weighted by Crippen LogP contribution is -2.30. The standard InChI is InChI=1S/C68H80N2O4/c1-5-9-13-17-19-21-25-33-47(31-23-15-11-7-3)69-65(71)61-51-37-29-27-35-49(51)55-43-45-40-42-54-58-46(39-41-53(57(45)58)59(55)63(61)67(69)73)44-56-50-36-28-30-38-52(50)62-64(60(54)56)68(74)70(66(62)72)48(32-24-16-12-8-4)34-26-22-20-18-14-10-6-2/h27-30,35-44,47-48H,5-26,31-34H2,1-4H3. The molecule has 0 amide bonds. The number of hydrogen-bond acceptors (Lipinski definition) is 4. The van der Waals surface area contributed by atoms with Crippen LogP contribution in [0, 0.1) is 0 Å². The van der Waals surface area contributed by atoms with Crippen LogP contribution in [0.4, 0.5) is 0 Å². The molecule has 10 rings (SSSR count). The summed E-state index contributed by atoms with van der Waals surface area (Å²) in [4.78, 5) is 61.4. The average Bonchev–Trinajstić information content (AvgIpc) is 3.92. The van der Waals surface area contributed by atoms with Gasteiger partial charge in [0, 0.05) is 22.9 Å². The molecular weight excluding hydrogens is 909 g/mol. The van der Waals surface area contributed by atoms with Gasteiger partial charge in [-0.15, -0.1) is 0 Å². The molecule has 386 valence electrons. The molecular formula is C68H80N2O4. The van der Waals surface area contributed by atoms with E-state index in [-0.39, 0.29) is 34.3 Å². The zero-order chi connectivity index (χ0) is 51.3. The van der Waals surface area contributed by atoms with Gasteiger partial charge in [-0.25, -0.2) is 0 Å². The van der Waals surface area contributed by atoms with Crippen molar-refractivity contribution in [2.45, 2.75) is 207 Å². The van der Waals surface area contributed by atoms with Gasteiger partial charge in [0.2, 0.25) is 0 Å². The molecule has 2 atom stereocenters. The molecule has 0 aliphatic rings. The number of fused-ring (bicyclic) bond motifs is 14. The summed E-state index contributed by atoms with van der Waals surface area (Å²) < 4.78 is 3.36. The van der Waals surface area contributed by atoms with Crippen LogP contribution in [-0.2, 0) is 0 Å². The van der Waals surface area contributed by atoms with Gasteiger partial charge in [-0.1, -0.05) is 242 Å². The molecule has 0 fully saturated rings. The Hall–Kier alpha value is -5.88. The largest absolute Gasteiger partial charge is 0.271 e. The molecule has 0 radical (unpaired) electrons. The highest BCUT2D eigenvalue weighted by atomic mass is 16.2. The van der Waals surface area contributed by atoms with Gasteiger partial charge in [0.05, 0.1) is 21.5 Å². The van der Waals surface area contributed by atoms with Gasteiger partial charge >= 0.3 is 0 Å². The zero-order valence-electron chi connectivity index (χ0n) is 45.1. The molecule has 6 nitrogen and oxygen atoms in total. The lowest BCUT2D eigenvalue weighted by Gasteiger charge is -2.18. The molecule has 0 saturated heterocycles. The Labute approximate surface area is 437 Å². The van der Waals surface area contributed by atoms with Gasteiger partial charge < -0.3 is 0 Å². The maximum atomic E-state index is 15.5.